The molecule has 1 nitrogen and oxygen atoms in total. The first-order chi connectivity index (χ1) is 20.3. The van der Waals surface area contributed by atoms with Crippen molar-refractivity contribution in [3.8, 4) is 22.3 Å². The standard InChI is InChI=1S/C39H23NS/c1-2-12-30-28(10-1)29-11-3-4-13-31(29)35-21-26(16-18-32(30)35)24-8-7-9-25(20-24)27-17-19-34-37(22-27)40-23-36-33-14-5-6-15-38(33)41-39(34)36/h1-23H. The van der Waals surface area contributed by atoms with Crippen LogP contribution in [0.2, 0.25) is 0 Å². The van der Waals surface area contributed by atoms with E-state index in [4.69, 9.17) is 4.98 Å². The predicted octanol–water partition coefficient (Wildman–Crippen LogP) is 11.4. The maximum Gasteiger partial charge on any atom is 0.0722 e. The molecular weight excluding hydrogens is 515 g/mol. The van der Waals surface area contributed by atoms with E-state index in [1.807, 2.05) is 17.5 Å². The zero-order valence-corrected chi connectivity index (χ0v) is 23.0. The zero-order valence-electron chi connectivity index (χ0n) is 22.1. The molecule has 0 fully saturated rings. The summed E-state index contributed by atoms with van der Waals surface area (Å²) in [5, 5.41) is 11.6. The van der Waals surface area contributed by atoms with Crippen molar-refractivity contribution in [1.29, 1.82) is 0 Å². The van der Waals surface area contributed by atoms with Crippen LogP contribution in [-0.2, 0) is 0 Å². The molecule has 0 spiro atoms. The van der Waals surface area contributed by atoms with E-state index in [1.54, 1.807) is 0 Å². The number of pyridine rings is 1. The highest BCUT2D eigenvalue weighted by atomic mass is 32.1. The van der Waals surface area contributed by atoms with Crippen LogP contribution in [0.5, 0.6) is 0 Å². The van der Waals surface area contributed by atoms with Gasteiger partial charge in [0.2, 0.25) is 0 Å². The van der Waals surface area contributed by atoms with Gasteiger partial charge in [0.1, 0.15) is 0 Å². The second kappa shape index (κ2) is 8.72. The largest absolute Gasteiger partial charge is 0.255 e. The van der Waals surface area contributed by atoms with Crippen LogP contribution in [0.1, 0.15) is 0 Å². The number of rotatable bonds is 2. The Morgan fingerprint density at radius 2 is 0.902 bits per heavy atom. The van der Waals surface area contributed by atoms with Crippen molar-refractivity contribution in [2.75, 3.05) is 0 Å². The van der Waals surface area contributed by atoms with Gasteiger partial charge < -0.3 is 0 Å². The molecule has 2 heterocycles. The monoisotopic (exact) mass is 537 g/mol. The number of fused-ring (bicyclic) bond motifs is 11. The van der Waals surface area contributed by atoms with Gasteiger partial charge in [0.05, 0.1) is 5.52 Å². The molecule has 2 heteroatoms. The summed E-state index contributed by atoms with van der Waals surface area (Å²) >= 11 is 1.85. The smallest absolute Gasteiger partial charge is 0.0722 e. The van der Waals surface area contributed by atoms with Crippen LogP contribution in [-0.4, -0.2) is 4.98 Å². The van der Waals surface area contributed by atoms with Gasteiger partial charge in [-0.3, -0.25) is 4.98 Å². The summed E-state index contributed by atoms with van der Waals surface area (Å²) in [7, 11) is 0. The van der Waals surface area contributed by atoms with Gasteiger partial charge in [-0.25, -0.2) is 0 Å². The van der Waals surface area contributed by atoms with Crippen molar-refractivity contribution in [1.82, 2.24) is 4.98 Å². The van der Waals surface area contributed by atoms with Gasteiger partial charge in [0, 0.05) is 31.8 Å². The number of hydrogen-bond donors (Lipinski definition) is 0. The van der Waals surface area contributed by atoms with E-state index < -0.39 is 0 Å². The third-order valence-electron chi connectivity index (χ3n) is 8.48. The molecule has 0 radical (unpaired) electrons. The minimum atomic E-state index is 1.04. The lowest BCUT2D eigenvalue weighted by molar-refractivity contribution is 1.45. The highest BCUT2D eigenvalue weighted by Crippen LogP contribution is 2.40. The molecule has 190 valence electrons. The van der Waals surface area contributed by atoms with E-state index in [-0.39, 0.29) is 0 Å². The Labute approximate surface area is 240 Å². The van der Waals surface area contributed by atoms with Gasteiger partial charge in [0.25, 0.3) is 0 Å². The Hall–Kier alpha value is -5.05. The van der Waals surface area contributed by atoms with E-state index in [0.717, 1.165) is 5.52 Å². The summed E-state index contributed by atoms with van der Waals surface area (Å²) < 4.78 is 2.62. The number of aromatic nitrogens is 1. The molecule has 2 aromatic heterocycles. The van der Waals surface area contributed by atoms with Crippen molar-refractivity contribution >= 4 is 74.7 Å². The number of hydrogen-bond acceptors (Lipinski definition) is 2. The Bertz CT molecular complexity index is 2450. The van der Waals surface area contributed by atoms with E-state index >= 15 is 0 Å². The molecule has 9 aromatic rings. The third-order valence-corrected chi connectivity index (χ3v) is 9.70. The topological polar surface area (TPSA) is 12.9 Å². The molecule has 9 rings (SSSR count). The van der Waals surface area contributed by atoms with E-state index in [2.05, 4.69) is 133 Å². The van der Waals surface area contributed by atoms with Gasteiger partial charge >= 0.3 is 0 Å². The normalized spacial score (nSPS) is 11.9. The number of benzene rings is 7. The molecule has 0 amide bonds. The van der Waals surface area contributed by atoms with Gasteiger partial charge in [0.15, 0.2) is 0 Å². The molecule has 0 aliphatic heterocycles. The molecule has 41 heavy (non-hydrogen) atoms. The SMILES string of the molecule is c1cc(-c2ccc3c(c2)ncc2c4ccccc4sc32)cc(-c2ccc3c4ccccc4c4ccccc4c3c2)c1. The third kappa shape index (κ3) is 3.45. The van der Waals surface area contributed by atoms with Gasteiger partial charge in [-0.15, -0.1) is 11.3 Å². The summed E-state index contributed by atoms with van der Waals surface area (Å²) in [6.07, 6.45) is 2.04. The minimum Gasteiger partial charge on any atom is -0.255 e. The fourth-order valence-electron chi connectivity index (χ4n) is 6.50. The molecule has 0 saturated carbocycles. The fraction of sp³-hybridized carbons (Fsp3) is 0. The van der Waals surface area contributed by atoms with E-state index in [1.165, 1.54) is 80.1 Å². The number of nitrogens with zero attached hydrogens (tertiary/aromatic N) is 1. The van der Waals surface area contributed by atoms with Crippen molar-refractivity contribution in [3.63, 3.8) is 0 Å². The fourth-order valence-corrected chi connectivity index (χ4v) is 7.71. The molecule has 0 aliphatic rings. The van der Waals surface area contributed by atoms with Crippen molar-refractivity contribution < 1.29 is 0 Å². The Balaban J connectivity index is 1.19. The van der Waals surface area contributed by atoms with Crippen LogP contribution < -0.4 is 0 Å². The van der Waals surface area contributed by atoms with Crippen LogP contribution >= 0.6 is 11.3 Å². The Morgan fingerprint density at radius 1 is 0.366 bits per heavy atom. The lowest BCUT2D eigenvalue weighted by atomic mass is 9.91. The van der Waals surface area contributed by atoms with E-state index in [0.29, 0.717) is 0 Å². The lowest BCUT2D eigenvalue weighted by Crippen LogP contribution is -1.86. The quantitative estimate of drug-likeness (QED) is 0.200. The van der Waals surface area contributed by atoms with Crippen molar-refractivity contribution in [3.05, 3.63) is 140 Å². The summed E-state index contributed by atoms with van der Waals surface area (Å²) in [6.45, 7) is 0. The molecule has 0 bridgehead atoms. The van der Waals surface area contributed by atoms with Crippen LogP contribution in [0.15, 0.2) is 140 Å². The maximum absolute atomic E-state index is 4.89. The second-order valence-corrected chi connectivity index (χ2v) is 11.8. The second-order valence-electron chi connectivity index (χ2n) is 10.8. The molecule has 0 atom stereocenters. The van der Waals surface area contributed by atoms with Gasteiger partial charge in [-0.1, -0.05) is 109 Å². The van der Waals surface area contributed by atoms with Crippen LogP contribution in [0, 0.1) is 0 Å². The Kier molecular flexibility index (Phi) is 4.84. The average molecular weight is 538 g/mol. The Morgan fingerprint density at radius 3 is 1.61 bits per heavy atom. The first kappa shape index (κ1) is 22.7. The predicted molar refractivity (Wildman–Crippen MR) is 178 cm³/mol. The molecule has 0 unspecified atom stereocenters. The zero-order chi connectivity index (χ0) is 26.9. The lowest BCUT2D eigenvalue weighted by Gasteiger charge is -2.12. The minimum absolute atomic E-state index is 1.04. The molecule has 7 aromatic carbocycles. The molecule has 0 aliphatic carbocycles. The molecule has 0 saturated heterocycles. The highest BCUT2D eigenvalue weighted by Gasteiger charge is 2.12. The molecule has 0 N–H and O–H groups in total. The maximum atomic E-state index is 4.89. The van der Waals surface area contributed by atoms with Crippen LogP contribution in [0.4, 0.5) is 0 Å². The number of thiophene rings is 1. The van der Waals surface area contributed by atoms with Crippen LogP contribution in [0.3, 0.4) is 0 Å². The summed E-state index contributed by atoms with van der Waals surface area (Å²) in [5.74, 6) is 0. The average Bonchev–Trinajstić information content (AvgIpc) is 3.44. The van der Waals surface area contributed by atoms with Crippen molar-refractivity contribution in [2.45, 2.75) is 0 Å². The van der Waals surface area contributed by atoms with Crippen LogP contribution in [0.25, 0.3) is 85.6 Å². The van der Waals surface area contributed by atoms with Gasteiger partial charge in [-0.05, 0) is 78.8 Å². The summed E-state index contributed by atoms with van der Waals surface area (Å²) in [5.41, 5.74) is 5.87. The van der Waals surface area contributed by atoms with Gasteiger partial charge in [-0.2, -0.15) is 0 Å². The first-order valence-electron chi connectivity index (χ1n) is 14.0. The van der Waals surface area contributed by atoms with E-state index in [9.17, 15) is 0 Å². The summed E-state index contributed by atoms with van der Waals surface area (Å²) in [6, 6.07) is 48.7. The summed E-state index contributed by atoms with van der Waals surface area (Å²) in [4.78, 5) is 4.89. The highest BCUT2D eigenvalue weighted by molar-refractivity contribution is 7.26. The van der Waals surface area contributed by atoms with Crippen molar-refractivity contribution in [2.24, 2.45) is 0 Å². The first-order valence-corrected chi connectivity index (χ1v) is 14.8. The molecular formula is C39H23NS.